The molecular formula is C107H86O16S4. The van der Waals surface area contributed by atoms with E-state index in [1.807, 2.05) is 252 Å². The molecule has 0 atom stereocenters. The van der Waals surface area contributed by atoms with Gasteiger partial charge in [-0.1, -0.05) is 168 Å². The van der Waals surface area contributed by atoms with E-state index < -0.39 is 23.9 Å². The van der Waals surface area contributed by atoms with Gasteiger partial charge in [0.05, 0.1) is 19.5 Å². The first kappa shape index (κ1) is 89.9. The van der Waals surface area contributed by atoms with Crippen molar-refractivity contribution in [3.63, 3.8) is 0 Å². The molecule has 0 fully saturated rings. The summed E-state index contributed by atoms with van der Waals surface area (Å²) in [4.78, 5) is 101. The Labute approximate surface area is 748 Å². The standard InChI is InChI=1S/3C27H22O4S.C26H20O4S/c3*1-15-12-16(2)24(17(3)13-15)26(31)27-25(21-10-9-20(28)14-22(21)32-27)19-7-4-18(5-8-19)6-11-23(29)30;1-15-4-3-5-16(2)23(15)25(30)26-24(20-12-11-19(27)14-21(20)31-26)18-9-6-17(7-10-18)8-13-22(28)29/h3*4-14,28H,1-3H3,(H,29,30);3-14,27H,1-2H3,(H,28,29)/b3*11-6+;13-8+. The van der Waals surface area contributed by atoms with Crippen molar-refractivity contribution >= 4 is 157 Å². The van der Waals surface area contributed by atoms with Crippen LogP contribution in [0.2, 0.25) is 0 Å². The molecule has 12 aromatic carbocycles. The Bertz CT molecular complexity index is 6640. The largest absolute Gasteiger partial charge is 0.508 e. The summed E-state index contributed by atoms with van der Waals surface area (Å²) >= 11 is 5.49. The molecular weight excluding hydrogens is 1670 g/mol. The van der Waals surface area contributed by atoms with Crippen molar-refractivity contribution in [2.24, 2.45) is 0 Å². The number of benzene rings is 12. The van der Waals surface area contributed by atoms with E-state index in [0.29, 0.717) is 41.8 Å². The monoisotopic (exact) mass is 1750 g/mol. The lowest BCUT2D eigenvalue weighted by Gasteiger charge is -2.11. The van der Waals surface area contributed by atoms with Crippen LogP contribution < -0.4 is 0 Å². The summed E-state index contributed by atoms with van der Waals surface area (Å²) in [7, 11) is 0. The number of carboxylic acids is 4. The number of carbonyl (C=O) groups is 8. The summed E-state index contributed by atoms with van der Waals surface area (Å²) < 4.78 is 3.33. The molecule has 16 rings (SSSR count). The summed E-state index contributed by atoms with van der Waals surface area (Å²) in [6, 6.07) is 68.2. The zero-order valence-corrected chi connectivity index (χ0v) is 74.2. The number of phenolic OH excluding ortho intramolecular Hbond substituents is 4. The van der Waals surface area contributed by atoms with Crippen LogP contribution in [0.1, 0.15) is 144 Å². The predicted octanol–water partition coefficient (Wildman–Crippen LogP) is 25.8. The maximum atomic E-state index is 13.8. The van der Waals surface area contributed by atoms with Gasteiger partial charge in [0.2, 0.25) is 23.1 Å². The lowest BCUT2D eigenvalue weighted by molar-refractivity contribution is -0.132. The molecule has 8 N–H and O–H groups in total. The second-order valence-corrected chi connectivity index (χ2v) is 35.2. The number of aryl methyl sites for hydroxylation is 11. The van der Waals surface area contributed by atoms with Crippen molar-refractivity contribution in [1.29, 1.82) is 0 Å². The van der Waals surface area contributed by atoms with Crippen LogP contribution in [0.15, 0.2) is 249 Å². The average molecular weight is 1760 g/mol. The van der Waals surface area contributed by atoms with E-state index in [2.05, 4.69) is 0 Å². The summed E-state index contributed by atoms with van der Waals surface area (Å²) in [6.45, 7) is 21.6. The first-order valence-corrected chi connectivity index (χ1v) is 43.4. The van der Waals surface area contributed by atoms with Crippen LogP contribution >= 0.6 is 45.3 Å². The highest BCUT2D eigenvalue weighted by molar-refractivity contribution is 7.23. The van der Waals surface area contributed by atoms with Gasteiger partial charge < -0.3 is 40.9 Å². The molecule has 0 spiro atoms. The minimum Gasteiger partial charge on any atom is -0.508 e. The van der Waals surface area contributed by atoms with Crippen molar-refractivity contribution in [2.45, 2.75) is 76.2 Å². The average Bonchev–Trinajstić information content (AvgIpc) is 1.63. The molecule has 0 aliphatic heterocycles. The van der Waals surface area contributed by atoms with E-state index in [9.17, 15) is 58.8 Å². The van der Waals surface area contributed by atoms with Gasteiger partial charge in [0.15, 0.2) is 0 Å². The van der Waals surface area contributed by atoms with Gasteiger partial charge in [0.25, 0.3) is 0 Å². The molecule has 0 aliphatic carbocycles. The number of aliphatic carboxylic acids is 4. The minimum absolute atomic E-state index is 0.0365. The van der Waals surface area contributed by atoms with Gasteiger partial charge in [-0.15, -0.1) is 45.3 Å². The van der Waals surface area contributed by atoms with Crippen molar-refractivity contribution in [2.75, 3.05) is 0 Å². The van der Waals surface area contributed by atoms with E-state index >= 15 is 0 Å². The molecule has 4 aromatic heterocycles. The Morgan fingerprint density at radius 1 is 0.236 bits per heavy atom. The predicted molar refractivity (Wildman–Crippen MR) is 514 cm³/mol. The third kappa shape index (κ3) is 20.4. The second-order valence-electron chi connectivity index (χ2n) is 31.0. The zero-order valence-electron chi connectivity index (χ0n) is 71.0. The number of rotatable bonds is 20. The highest BCUT2D eigenvalue weighted by atomic mass is 32.1. The number of thiophene rings is 4. The smallest absolute Gasteiger partial charge is 0.328 e. The molecule has 0 saturated carbocycles. The molecule has 4 heterocycles. The Morgan fingerprint density at radius 2 is 0.425 bits per heavy atom. The van der Waals surface area contributed by atoms with Gasteiger partial charge in [-0.25, -0.2) is 19.2 Å². The molecule has 0 bridgehead atoms. The minimum atomic E-state index is -1.01. The van der Waals surface area contributed by atoms with Crippen LogP contribution in [0.25, 0.3) is 109 Å². The number of ketones is 4. The maximum absolute atomic E-state index is 13.8. The summed E-state index contributed by atoms with van der Waals surface area (Å²) in [5.74, 6) is -3.56. The van der Waals surface area contributed by atoms with E-state index in [1.54, 1.807) is 48.5 Å². The van der Waals surface area contributed by atoms with E-state index in [1.165, 1.54) is 69.7 Å². The van der Waals surface area contributed by atoms with Gasteiger partial charge in [-0.2, -0.15) is 0 Å². The number of fused-ring (bicyclic) bond motifs is 4. The Balaban J connectivity index is 0.000000145. The second kappa shape index (κ2) is 38.5. The first-order valence-electron chi connectivity index (χ1n) is 40.1. The summed E-state index contributed by atoms with van der Waals surface area (Å²) in [5.41, 5.74) is 23.4. The van der Waals surface area contributed by atoms with E-state index in [-0.39, 0.29) is 46.1 Å². The van der Waals surface area contributed by atoms with E-state index in [0.717, 1.165) is 193 Å². The van der Waals surface area contributed by atoms with Crippen molar-refractivity contribution in [3.05, 3.63) is 374 Å². The van der Waals surface area contributed by atoms with Gasteiger partial charge >= 0.3 is 23.9 Å². The van der Waals surface area contributed by atoms with Crippen LogP contribution in [0.5, 0.6) is 23.0 Å². The van der Waals surface area contributed by atoms with Gasteiger partial charge in [-0.05, 0) is 262 Å². The highest BCUT2D eigenvalue weighted by Crippen LogP contribution is 2.48. The van der Waals surface area contributed by atoms with Crippen molar-refractivity contribution in [1.82, 2.24) is 0 Å². The Morgan fingerprint density at radius 3 is 0.614 bits per heavy atom. The highest BCUT2D eigenvalue weighted by Gasteiger charge is 2.30. The molecule has 0 saturated heterocycles. The van der Waals surface area contributed by atoms with Crippen LogP contribution in [0, 0.1) is 76.2 Å². The van der Waals surface area contributed by atoms with Gasteiger partial charge in [-0.3, -0.25) is 19.2 Å². The fraction of sp³-hybridized carbons (Fsp3) is 0.103. The lowest BCUT2D eigenvalue weighted by atomic mass is 9.92. The maximum Gasteiger partial charge on any atom is 0.328 e. The third-order valence-electron chi connectivity index (χ3n) is 21.4. The molecule has 0 amide bonds. The molecule has 16 aromatic rings. The summed E-state index contributed by atoms with van der Waals surface area (Å²) in [5, 5.41) is 78.8. The van der Waals surface area contributed by atoms with Crippen molar-refractivity contribution < 1.29 is 79.2 Å². The molecule has 0 aliphatic rings. The normalized spacial score (nSPS) is 11.3. The molecule has 20 heteroatoms. The molecule has 634 valence electrons. The van der Waals surface area contributed by atoms with E-state index in [4.69, 9.17) is 20.4 Å². The van der Waals surface area contributed by atoms with Crippen LogP contribution in [0.3, 0.4) is 0 Å². The van der Waals surface area contributed by atoms with Crippen LogP contribution in [-0.4, -0.2) is 87.9 Å². The molecule has 127 heavy (non-hydrogen) atoms. The molecule has 0 radical (unpaired) electrons. The zero-order chi connectivity index (χ0) is 91.1. The van der Waals surface area contributed by atoms with Crippen LogP contribution in [0.4, 0.5) is 0 Å². The number of hydrogen-bond donors (Lipinski definition) is 8. The number of hydrogen-bond acceptors (Lipinski definition) is 16. The van der Waals surface area contributed by atoms with Crippen molar-refractivity contribution in [3.8, 4) is 67.5 Å². The third-order valence-corrected chi connectivity index (χ3v) is 26.0. The SMILES string of the molecule is Cc1cc(C)c(C(=O)c2sc3cc(O)ccc3c2-c2ccc(/C=C/C(=O)O)cc2)c(C)c1.Cc1cc(C)c(C(=O)c2sc3cc(O)ccc3c2-c2ccc(/C=C/C(=O)O)cc2)c(C)c1.Cc1cc(C)c(C(=O)c2sc3cc(O)ccc3c2-c2ccc(/C=C/C(=O)O)cc2)c(C)c1.Cc1cccc(C)c1C(=O)c1sc2cc(O)ccc2c1-c1ccc(/C=C/C(=O)O)cc1. The fourth-order valence-corrected chi connectivity index (χ4v) is 20.9. The Hall–Kier alpha value is -14.8. The van der Waals surface area contributed by atoms with Gasteiger partial charge in [0, 0.05) is 109 Å². The Kier molecular flexibility index (Phi) is 27.3. The molecule has 16 nitrogen and oxygen atoms in total. The number of carbonyl (C=O) groups excluding carboxylic acids is 4. The number of phenols is 4. The first-order chi connectivity index (χ1) is 60.6. The summed E-state index contributed by atoms with van der Waals surface area (Å²) in [6.07, 6.45) is 10.5. The van der Waals surface area contributed by atoms with Crippen LogP contribution in [-0.2, 0) is 19.2 Å². The quantitative estimate of drug-likeness (QED) is 0.0260. The fourth-order valence-electron chi connectivity index (χ4n) is 16.1. The number of aromatic hydroxyl groups is 4. The molecule has 0 unspecified atom stereocenters. The topological polar surface area (TPSA) is 298 Å². The van der Waals surface area contributed by atoms with Gasteiger partial charge in [0.1, 0.15) is 23.0 Å². The lowest BCUT2D eigenvalue weighted by Crippen LogP contribution is -2.06. The number of carboxylic acid groups (broad SMARTS) is 4.